The van der Waals surface area contributed by atoms with Crippen LogP contribution in [0.15, 0.2) is 47.5 Å². The molecule has 0 radical (unpaired) electrons. The van der Waals surface area contributed by atoms with Gasteiger partial charge in [0.25, 0.3) is 5.56 Å². The van der Waals surface area contributed by atoms with Gasteiger partial charge in [0.15, 0.2) is 5.15 Å². The largest absolute Gasteiger partial charge is 0.309 e. The highest BCUT2D eigenvalue weighted by Crippen LogP contribution is 2.16. The summed E-state index contributed by atoms with van der Waals surface area (Å²) < 4.78 is 15.6. The summed E-state index contributed by atoms with van der Waals surface area (Å²) >= 11 is 5.93. The predicted octanol–water partition coefficient (Wildman–Crippen LogP) is 1.87. The van der Waals surface area contributed by atoms with Gasteiger partial charge < -0.3 is 9.88 Å². The minimum atomic E-state index is -0.505. The van der Waals surface area contributed by atoms with E-state index in [1.54, 1.807) is 12.1 Å². The van der Waals surface area contributed by atoms with Gasteiger partial charge in [0.05, 0.1) is 11.6 Å². The first kappa shape index (κ1) is 16.2. The maximum Gasteiger partial charge on any atom is 0.283 e. The first-order valence-electron chi connectivity index (χ1n) is 7.47. The summed E-state index contributed by atoms with van der Waals surface area (Å²) in [5.74, 6) is -0.731. The van der Waals surface area contributed by atoms with Crippen LogP contribution in [0.1, 0.15) is 0 Å². The molecule has 8 nitrogen and oxygen atoms in total. The van der Waals surface area contributed by atoms with Gasteiger partial charge >= 0.3 is 0 Å². The number of hydrogen-bond acceptors (Lipinski definition) is 5. The van der Waals surface area contributed by atoms with Crippen molar-refractivity contribution in [3.05, 3.63) is 64.0 Å². The number of aromatic nitrogens is 5. The number of carbonyl (C=O) groups excluding carboxylic acids is 1. The van der Waals surface area contributed by atoms with E-state index < -0.39 is 11.7 Å². The number of anilines is 1. The summed E-state index contributed by atoms with van der Waals surface area (Å²) in [6.07, 6.45) is 2.52. The van der Waals surface area contributed by atoms with E-state index in [-0.39, 0.29) is 23.1 Å². The van der Waals surface area contributed by atoms with Crippen LogP contribution in [0.25, 0.3) is 16.7 Å². The summed E-state index contributed by atoms with van der Waals surface area (Å²) in [5, 5.41) is 6.94. The lowest BCUT2D eigenvalue weighted by Gasteiger charge is -2.12. The lowest BCUT2D eigenvalue weighted by Crippen LogP contribution is -2.25. The highest BCUT2D eigenvalue weighted by molar-refractivity contribution is 6.29. The SMILES string of the molecule is O=C(Cn1c2ncccc2c(=O)n2nc(Cl)cc12)Nc1ccc(F)cn1. The van der Waals surface area contributed by atoms with E-state index in [4.69, 9.17) is 11.6 Å². The Labute approximate surface area is 149 Å². The molecular weight excluding hydrogens is 363 g/mol. The zero-order chi connectivity index (χ0) is 18.3. The lowest BCUT2D eigenvalue weighted by molar-refractivity contribution is -0.116. The van der Waals surface area contributed by atoms with E-state index in [9.17, 15) is 14.0 Å². The fourth-order valence-corrected chi connectivity index (χ4v) is 2.79. The first-order valence-corrected chi connectivity index (χ1v) is 7.85. The Morgan fingerprint density at radius 2 is 2.12 bits per heavy atom. The third-order valence-corrected chi connectivity index (χ3v) is 3.88. The van der Waals surface area contributed by atoms with Gasteiger partial charge in [-0.05, 0) is 24.3 Å². The minimum absolute atomic E-state index is 0.117. The molecule has 0 aliphatic heterocycles. The summed E-state index contributed by atoms with van der Waals surface area (Å²) in [5.41, 5.74) is 0.268. The third kappa shape index (κ3) is 2.78. The van der Waals surface area contributed by atoms with Gasteiger partial charge in [-0.15, -0.1) is 0 Å². The molecule has 0 saturated heterocycles. The van der Waals surface area contributed by atoms with Gasteiger partial charge in [-0.25, -0.2) is 14.4 Å². The van der Waals surface area contributed by atoms with Crippen LogP contribution in [0.3, 0.4) is 0 Å². The molecule has 0 aliphatic rings. The van der Waals surface area contributed by atoms with Crippen molar-refractivity contribution in [1.82, 2.24) is 24.1 Å². The van der Waals surface area contributed by atoms with Crippen molar-refractivity contribution in [2.45, 2.75) is 6.54 Å². The van der Waals surface area contributed by atoms with Crippen molar-refractivity contribution in [2.75, 3.05) is 5.32 Å². The molecule has 0 aliphatic carbocycles. The van der Waals surface area contributed by atoms with Crippen LogP contribution in [-0.2, 0) is 11.3 Å². The van der Waals surface area contributed by atoms with E-state index in [1.165, 1.54) is 29.0 Å². The van der Waals surface area contributed by atoms with Crippen molar-refractivity contribution < 1.29 is 9.18 Å². The molecule has 0 unspecified atom stereocenters. The fraction of sp³-hybridized carbons (Fsp3) is 0.0625. The van der Waals surface area contributed by atoms with Crippen LogP contribution in [0.4, 0.5) is 10.2 Å². The van der Waals surface area contributed by atoms with Crippen molar-refractivity contribution in [1.29, 1.82) is 0 Å². The Morgan fingerprint density at radius 1 is 1.27 bits per heavy atom. The van der Waals surface area contributed by atoms with Crippen LogP contribution in [0, 0.1) is 5.82 Å². The molecule has 0 spiro atoms. The monoisotopic (exact) mass is 372 g/mol. The first-order chi connectivity index (χ1) is 12.5. The van der Waals surface area contributed by atoms with Crippen molar-refractivity contribution in [3.8, 4) is 0 Å². The van der Waals surface area contributed by atoms with Gasteiger partial charge in [-0.1, -0.05) is 11.6 Å². The minimum Gasteiger partial charge on any atom is -0.309 e. The predicted molar refractivity (Wildman–Crippen MR) is 92.6 cm³/mol. The average Bonchev–Trinajstić information content (AvgIpc) is 3.02. The third-order valence-electron chi connectivity index (χ3n) is 3.70. The summed E-state index contributed by atoms with van der Waals surface area (Å²) in [6.45, 7) is -0.168. The highest BCUT2D eigenvalue weighted by atomic mass is 35.5. The van der Waals surface area contributed by atoms with Crippen molar-refractivity contribution in [2.24, 2.45) is 0 Å². The Hall–Kier alpha value is -3.33. The Kier molecular flexibility index (Phi) is 3.85. The van der Waals surface area contributed by atoms with E-state index in [0.29, 0.717) is 16.7 Å². The fourth-order valence-electron chi connectivity index (χ4n) is 2.62. The van der Waals surface area contributed by atoms with E-state index in [2.05, 4.69) is 20.4 Å². The standard InChI is InChI=1S/C16H10ClFN6O2/c17-11-6-14-23(8-13(25)21-12-4-3-9(18)7-20-12)15-10(2-1-5-19-15)16(26)24(14)22-11/h1-7H,8H2,(H,20,21,25). The summed E-state index contributed by atoms with van der Waals surface area (Å²) in [7, 11) is 0. The summed E-state index contributed by atoms with van der Waals surface area (Å²) in [6, 6.07) is 7.22. The number of hydrogen-bond donors (Lipinski definition) is 1. The molecule has 10 heteroatoms. The van der Waals surface area contributed by atoms with Crippen molar-refractivity contribution in [3.63, 3.8) is 0 Å². The highest BCUT2D eigenvalue weighted by Gasteiger charge is 2.16. The smallest absolute Gasteiger partial charge is 0.283 e. The maximum atomic E-state index is 12.9. The number of halogens is 2. The normalized spacial score (nSPS) is 11.2. The Balaban J connectivity index is 1.79. The zero-order valence-electron chi connectivity index (χ0n) is 13.1. The Morgan fingerprint density at radius 3 is 2.88 bits per heavy atom. The number of amides is 1. The van der Waals surface area contributed by atoms with Crippen molar-refractivity contribution >= 4 is 40.0 Å². The van der Waals surface area contributed by atoms with E-state index >= 15 is 0 Å². The second-order valence-electron chi connectivity index (χ2n) is 5.41. The second kappa shape index (κ2) is 6.19. The molecule has 0 bridgehead atoms. The molecule has 4 aromatic heterocycles. The van der Waals surface area contributed by atoms with Gasteiger partial charge in [0, 0.05) is 12.3 Å². The molecule has 4 heterocycles. The molecule has 4 rings (SSSR count). The van der Waals surface area contributed by atoms with Crippen LogP contribution in [0.5, 0.6) is 0 Å². The molecule has 4 aromatic rings. The quantitative estimate of drug-likeness (QED) is 0.592. The average molecular weight is 373 g/mol. The second-order valence-corrected chi connectivity index (χ2v) is 5.80. The molecule has 0 fully saturated rings. The van der Waals surface area contributed by atoms with Gasteiger partial charge in [0.1, 0.15) is 29.5 Å². The molecule has 0 aromatic carbocycles. The molecule has 0 saturated carbocycles. The van der Waals surface area contributed by atoms with Crippen LogP contribution in [-0.4, -0.2) is 30.1 Å². The van der Waals surface area contributed by atoms with E-state index in [0.717, 1.165) is 10.7 Å². The lowest BCUT2D eigenvalue weighted by atomic mass is 10.3. The zero-order valence-corrected chi connectivity index (χ0v) is 13.8. The van der Waals surface area contributed by atoms with Crippen LogP contribution < -0.4 is 10.9 Å². The van der Waals surface area contributed by atoms with Gasteiger partial charge in [-0.3, -0.25) is 9.59 Å². The number of nitrogens with one attached hydrogen (secondary N) is 1. The summed E-state index contributed by atoms with van der Waals surface area (Å²) in [4.78, 5) is 32.9. The molecular formula is C16H10ClFN6O2. The van der Waals surface area contributed by atoms with Crippen LogP contribution in [0.2, 0.25) is 5.15 Å². The molecule has 1 N–H and O–H groups in total. The van der Waals surface area contributed by atoms with Crippen LogP contribution >= 0.6 is 11.6 Å². The number of fused-ring (bicyclic) bond motifs is 2. The molecule has 130 valence electrons. The molecule has 0 atom stereocenters. The topological polar surface area (TPSA) is 94.2 Å². The number of pyridine rings is 2. The Bertz CT molecular complexity index is 1200. The molecule has 26 heavy (non-hydrogen) atoms. The van der Waals surface area contributed by atoms with Gasteiger partial charge in [-0.2, -0.15) is 9.61 Å². The number of carbonyl (C=O) groups is 1. The maximum absolute atomic E-state index is 12.9. The number of rotatable bonds is 3. The van der Waals surface area contributed by atoms with E-state index in [1.807, 2.05) is 0 Å². The number of nitrogens with zero attached hydrogens (tertiary/aromatic N) is 5. The molecule has 1 amide bonds. The van der Waals surface area contributed by atoms with Gasteiger partial charge in [0.2, 0.25) is 5.91 Å².